The minimum atomic E-state index is -1.52. The van der Waals surface area contributed by atoms with Crippen molar-refractivity contribution in [1.82, 2.24) is 5.32 Å². The summed E-state index contributed by atoms with van der Waals surface area (Å²) in [4.78, 5) is 58.4. The van der Waals surface area contributed by atoms with Gasteiger partial charge in [-0.05, 0) is 111 Å². The molecular weight excluding hydrogens is 1860 g/mol. The molecule has 864 valence electrons. The number of carbonyl (C=O) groups excluding carboxylic acids is 4. The Morgan fingerprint density at radius 1 is 0.201 bits per heavy atom. The van der Waals surface area contributed by atoms with E-state index >= 15 is 0 Å². The van der Waals surface area contributed by atoms with Crippen molar-refractivity contribution in [3.8, 4) is 51.7 Å². The number of ether oxygens (including phenoxy) is 12. The second kappa shape index (κ2) is 103. The van der Waals surface area contributed by atoms with Crippen molar-refractivity contribution in [3.05, 3.63) is 53.1 Å². The molecule has 0 aliphatic heterocycles. The first-order chi connectivity index (χ1) is 73.4. The van der Waals surface area contributed by atoms with Crippen LogP contribution in [0.2, 0.25) is 0 Å². The number of rotatable bonds is 115. The number of unbranched alkanes of at least 4 members (excludes halogenated alkanes) is 72. The van der Waals surface area contributed by atoms with Gasteiger partial charge in [-0.15, -0.1) is 0 Å². The summed E-state index contributed by atoms with van der Waals surface area (Å²) in [5, 5.41) is 2.79. The highest BCUT2D eigenvalue weighted by Gasteiger charge is 2.30. The van der Waals surface area contributed by atoms with Gasteiger partial charge in [-0.2, -0.15) is 0 Å². The number of hydrogen-bond donors (Lipinski definition) is 2. The van der Waals surface area contributed by atoms with Crippen LogP contribution < -0.4 is 53.7 Å². The third-order valence-electron chi connectivity index (χ3n) is 29.4. The number of benzene rings is 3. The van der Waals surface area contributed by atoms with Gasteiger partial charge in [-0.25, -0.2) is 4.79 Å². The first kappa shape index (κ1) is 137. The molecule has 1 amide bonds. The van der Waals surface area contributed by atoms with Crippen LogP contribution in [0.3, 0.4) is 0 Å². The lowest BCUT2D eigenvalue weighted by atomic mass is 10.1. The molecule has 3 N–H and O–H groups in total. The molecular formula is C131H234N2O16. The number of carbonyl (C=O) groups is 4. The van der Waals surface area contributed by atoms with Gasteiger partial charge in [0.05, 0.1) is 92.1 Å². The minimum absolute atomic E-state index is 0.0450. The van der Waals surface area contributed by atoms with Crippen LogP contribution in [0.1, 0.15) is 612 Å². The lowest BCUT2D eigenvalue weighted by Gasteiger charge is -2.20. The Labute approximate surface area is 916 Å². The molecule has 3 aromatic carbocycles. The normalized spacial score (nSPS) is 11.8. The van der Waals surface area contributed by atoms with E-state index in [9.17, 15) is 19.2 Å². The maximum Gasteiger partial charge on any atom is 0.329 e. The molecule has 0 aliphatic rings. The van der Waals surface area contributed by atoms with Gasteiger partial charge in [-0.1, -0.05) is 525 Å². The molecule has 0 aromatic heterocycles. The molecule has 0 saturated heterocycles. The van der Waals surface area contributed by atoms with Gasteiger partial charge < -0.3 is 67.9 Å². The zero-order chi connectivity index (χ0) is 107. The monoisotopic (exact) mass is 2090 g/mol. The highest BCUT2D eigenvalue weighted by atomic mass is 16.6. The second-order valence-corrected chi connectivity index (χ2v) is 43.8. The van der Waals surface area contributed by atoms with E-state index in [-0.39, 0.29) is 26.2 Å². The van der Waals surface area contributed by atoms with E-state index in [1.165, 1.54) is 379 Å². The summed E-state index contributed by atoms with van der Waals surface area (Å²) in [5.41, 5.74) is 9.18. The fourth-order valence-electron chi connectivity index (χ4n) is 19.7. The van der Waals surface area contributed by atoms with Gasteiger partial charge in [0, 0.05) is 19.3 Å². The van der Waals surface area contributed by atoms with Gasteiger partial charge >= 0.3 is 17.9 Å². The van der Waals surface area contributed by atoms with Gasteiger partial charge in [0.25, 0.3) is 0 Å². The Kier molecular flexibility index (Phi) is 95.0. The SMILES string of the molecule is CCCCCCCCCCCOc1cc(CCOC(=O)C[C@H](NC(=O)C[C@H](N)C(=O)OCCc2cc(OCCCCCCCCCCC)c(OCCCCCCCCCCC)c(OCCCCCCCCCCC)c2)C(=O)OCCc2cc(OCCCCCCCCCCC)c(OCCCCCCCCCCC)c(OCCCCCCCCCCC)c2)cc(OCCCCCCCCCCC)c1OCCCCCCCCCCC. The van der Waals surface area contributed by atoms with Crippen molar-refractivity contribution in [3.63, 3.8) is 0 Å². The first-order valence-corrected chi connectivity index (χ1v) is 64.1. The molecule has 0 spiro atoms. The van der Waals surface area contributed by atoms with Crippen LogP contribution in [0.4, 0.5) is 0 Å². The summed E-state index contributed by atoms with van der Waals surface area (Å²) < 4.78 is 79.1. The van der Waals surface area contributed by atoms with Crippen LogP contribution in [0.25, 0.3) is 0 Å². The smallest absolute Gasteiger partial charge is 0.329 e. The number of nitrogens with one attached hydrogen (secondary N) is 1. The van der Waals surface area contributed by atoms with Crippen molar-refractivity contribution < 1.29 is 76.0 Å². The van der Waals surface area contributed by atoms with Gasteiger partial charge in [0.15, 0.2) is 34.5 Å². The average Bonchev–Trinajstić information content (AvgIpc) is 0.830. The summed E-state index contributed by atoms with van der Waals surface area (Å²) >= 11 is 0. The number of hydrogen-bond acceptors (Lipinski definition) is 17. The van der Waals surface area contributed by atoms with E-state index in [1.54, 1.807) is 0 Å². The van der Waals surface area contributed by atoms with E-state index in [2.05, 4.69) is 67.6 Å². The van der Waals surface area contributed by atoms with Crippen LogP contribution in [0.5, 0.6) is 51.7 Å². The van der Waals surface area contributed by atoms with E-state index in [4.69, 9.17) is 62.6 Å². The lowest BCUT2D eigenvalue weighted by Crippen LogP contribution is -2.46. The Morgan fingerprint density at radius 3 is 0.550 bits per heavy atom. The maximum absolute atomic E-state index is 15.0. The molecule has 2 atom stereocenters. The van der Waals surface area contributed by atoms with Crippen molar-refractivity contribution in [2.24, 2.45) is 5.73 Å². The zero-order valence-corrected chi connectivity index (χ0v) is 98.5. The summed E-state index contributed by atoms with van der Waals surface area (Å²) in [5.74, 6) is 2.45. The highest BCUT2D eigenvalue weighted by molar-refractivity contribution is 5.90. The molecule has 0 unspecified atom stereocenters. The minimum Gasteiger partial charge on any atom is -0.490 e. The number of amides is 1. The summed E-state index contributed by atoms with van der Waals surface area (Å²) in [6.45, 7) is 25.0. The third-order valence-corrected chi connectivity index (χ3v) is 29.4. The van der Waals surface area contributed by atoms with E-state index in [0.717, 1.165) is 158 Å². The van der Waals surface area contributed by atoms with Crippen molar-refractivity contribution >= 4 is 23.8 Å². The van der Waals surface area contributed by atoms with Crippen LogP contribution in [-0.2, 0) is 52.7 Å². The standard InChI is InChI=1S/C131H234N2O16/c1-10-19-28-37-46-55-64-73-82-94-138-119-106-114(107-120(139-95-83-74-65-56-47-38-29-20-11-2)127(119)145-100-88-79-70-61-52-43-34-25-16-7)91-103-144-126(135)113-118(131(137)149-105-93-116-110-123(142-98-86-77-68-59-50-41-32-23-14-5)129(147-102-90-81-72-63-54-45-36-27-18-9)124(111-116)143-99-87-78-69-60-51-42-33-24-15-6)133-125(134)112-117(132)130(136)148-104-92-115-108-121(140-96-84-75-66-57-48-39-30-21-12-3)128(146-101-89-80-71-62-53-44-35-26-17-8)122(109-115)141-97-85-76-67-58-49-40-31-22-13-4/h106-111,117-118H,10-105,112-113,132H2,1-9H3,(H,133,134)/t117-,118-/m0/s1. The summed E-state index contributed by atoms with van der Waals surface area (Å²) in [6, 6.07) is 9.08. The Hall–Kier alpha value is -6.30. The molecule has 3 rings (SSSR count). The van der Waals surface area contributed by atoms with Crippen molar-refractivity contribution in [1.29, 1.82) is 0 Å². The predicted molar refractivity (Wildman–Crippen MR) is 627 cm³/mol. The zero-order valence-electron chi connectivity index (χ0n) is 98.5. The molecule has 0 aliphatic carbocycles. The lowest BCUT2D eigenvalue weighted by molar-refractivity contribution is -0.154. The third kappa shape index (κ3) is 78.5. The molecule has 149 heavy (non-hydrogen) atoms. The van der Waals surface area contributed by atoms with E-state index in [1.807, 2.05) is 36.4 Å². The Bertz CT molecular complexity index is 3380. The summed E-state index contributed by atoms with van der Waals surface area (Å²) in [6.07, 6.45) is 96.8. The topological polar surface area (TPSA) is 217 Å². The fourth-order valence-corrected chi connectivity index (χ4v) is 19.7. The van der Waals surface area contributed by atoms with Crippen LogP contribution in [0.15, 0.2) is 36.4 Å². The molecule has 18 heteroatoms. The van der Waals surface area contributed by atoms with Gasteiger partial charge in [0.1, 0.15) is 12.1 Å². The largest absolute Gasteiger partial charge is 0.490 e. The van der Waals surface area contributed by atoms with E-state index in [0.29, 0.717) is 124 Å². The number of nitrogens with two attached hydrogens (primary N) is 1. The molecule has 0 fully saturated rings. The molecule has 0 heterocycles. The maximum atomic E-state index is 15.0. The first-order valence-electron chi connectivity index (χ1n) is 64.1. The van der Waals surface area contributed by atoms with Crippen molar-refractivity contribution in [2.75, 3.05) is 79.3 Å². The molecule has 0 radical (unpaired) electrons. The Balaban J connectivity index is 2.12. The van der Waals surface area contributed by atoms with E-state index < -0.39 is 48.7 Å². The molecule has 0 saturated carbocycles. The predicted octanol–water partition coefficient (Wildman–Crippen LogP) is 38.1. The molecule has 0 bridgehead atoms. The summed E-state index contributed by atoms with van der Waals surface area (Å²) in [7, 11) is 0. The molecule has 3 aromatic rings. The second-order valence-electron chi connectivity index (χ2n) is 43.8. The molecule has 18 nitrogen and oxygen atoms in total. The van der Waals surface area contributed by atoms with Gasteiger partial charge in [0.2, 0.25) is 23.2 Å². The average molecular weight is 2090 g/mol. The van der Waals surface area contributed by atoms with Crippen LogP contribution in [0, 0.1) is 0 Å². The fraction of sp³-hybridized carbons (Fsp3) is 0.832. The van der Waals surface area contributed by atoms with Crippen molar-refractivity contribution in [2.45, 2.75) is 627 Å². The van der Waals surface area contributed by atoms with Crippen LogP contribution in [-0.4, -0.2) is 115 Å². The number of esters is 3. The van der Waals surface area contributed by atoms with Gasteiger partial charge in [-0.3, -0.25) is 14.4 Å². The Morgan fingerprint density at radius 2 is 0.362 bits per heavy atom. The highest BCUT2D eigenvalue weighted by Crippen LogP contribution is 2.44. The quantitative estimate of drug-likeness (QED) is 0.0305. The van der Waals surface area contributed by atoms with Crippen LogP contribution >= 0.6 is 0 Å².